The highest BCUT2D eigenvalue weighted by Crippen LogP contribution is 2.23. The van der Waals surface area contributed by atoms with Gasteiger partial charge in [-0.3, -0.25) is 9.69 Å². The molecule has 1 atom stereocenters. The first kappa shape index (κ1) is 9.83. The lowest BCUT2D eigenvalue weighted by Gasteiger charge is -2.14. The van der Waals surface area contributed by atoms with Crippen LogP contribution in [0.5, 0.6) is 0 Å². The molecule has 1 fully saturated rings. The molecule has 0 N–H and O–H groups in total. The van der Waals surface area contributed by atoms with E-state index in [9.17, 15) is 9.18 Å². The maximum atomic E-state index is 12.9. The monoisotopic (exact) mass is 206 g/mol. The van der Waals surface area contributed by atoms with Gasteiger partial charge in [0.1, 0.15) is 11.6 Å². The molecule has 0 spiro atoms. The molecule has 1 amide bonds. The van der Waals surface area contributed by atoms with Gasteiger partial charge in [-0.05, 0) is 6.07 Å². The van der Waals surface area contributed by atoms with E-state index in [2.05, 4.69) is 11.6 Å². The van der Waals surface area contributed by atoms with Gasteiger partial charge in [0.2, 0.25) is 5.91 Å². The largest absolute Gasteiger partial charge is 0.296 e. The van der Waals surface area contributed by atoms with E-state index in [4.69, 9.17) is 0 Å². The minimum absolute atomic E-state index is 0.0296. The Hall–Kier alpha value is -1.71. The van der Waals surface area contributed by atoms with Crippen molar-refractivity contribution in [3.8, 4) is 0 Å². The fourth-order valence-corrected chi connectivity index (χ4v) is 1.66. The van der Waals surface area contributed by atoms with Crippen LogP contribution >= 0.6 is 0 Å². The minimum Gasteiger partial charge on any atom is -0.296 e. The third kappa shape index (κ3) is 1.88. The quantitative estimate of drug-likeness (QED) is 0.691. The summed E-state index contributed by atoms with van der Waals surface area (Å²) in [6, 6.07) is 2.53. The van der Waals surface area contributed by atoms with Gasteiger partial charge in [-0.2, -0.15) is 0 Å². The summed E-state index contributed by atoms with van der Waals surface area (Å²) >= 11 is 0. The average molecular weight is 206 g/mol. The molecule has 2 rings (SSSR count). The smallest absolute Gasteiger partial charge is 0.228 e. The van der Waals surface area contributed by atoms with E-state index in [1.54, 1.807) is 6.08 Å². The van der Waals surface area contributed by atoms with Gasteiger partial charge in [0, 0.05) is 31.1 Å². The second-order valence-corrected chi connectivity index (χ2v) is 3.54. The first-order valence-electron chi connectivity index (χ1n) is 4.75. The second kappa shape index (κ2) is 3.81. The second-order valence-electron chi connectivity index (χ2n) is 3.54. The summed E-state index contributed by atoms with van der Waals surface area (Å²) in [6.45, 7) is 4.19. The normalized spacial score (nSPS) is 20.7. The van der Waals surface area contributed by atoms with Crippen molar-refractivity contribution >= 4 is 11.7 Å². The molecule has 2 heterocycles. The molecular weight excluding hydrogens is 195 g/mol. The molecule has 1 saturated heterocycles. The Morgan fingerprint density at radius 1 is 1.67 bits per heavy atom. The fraction of sp³-hybridized carbons (Fsp3) is 0.273. The van der Waals surface area contributed by atoms with Gasteiger partial charge >= 0.3 is 0 Å². The Morgan fingerprint density at radius 3 is 3.07 bits per heavy atom. The maximum Gasteiger partial charge on any atom is 0.228 e. The van der Waals surface area contributed by atoms with Crippen LogP contribution in [-0.2, 0) is 4.79 Å². The predicted octanol–water partition coefficient (Wildman–Crippen LogP) is 1.76. The molecule has 1 aromatic rings. The Morgan fingerprint density at radius 2 is 2.47 bits per heavy atom. The summed E-state index contributed by atoms with van der Waals surface area (Å²) in [7, 11) is 0. The van der Waals surface area contributed by atoms with Crippen molar-refractivity contribution in [3.05, 3.63) is 36.8 Å². The van der Waals surface area contributed by atoms with Gasteiger partial charge in [-0.25, -0.2) is 9.37 Å². The Balaban J connectivity index is 2.25. The van der Waals surface area contributed by atoms with Gasteiger partial charge < -0.3 is 0 Å². The SMILES string of the molecule is C=CC1CC(=O)N(c2cc(F)ccn2)C1. The summed E-state index contributed by atoms with van der Waals surface area (Å²) in [5.41, 5.74) is 0. The van der Waals surface area contributed by atoms with Crippen molar-refractivity contribution in [2.24, 2.45) is 5.92 Å². The highest BCUT2D eigenvalue weighted by molar-refractivity contribution is 5.95. The van der Waals surface area contributed by atoms with Crippen LogP contribution in [0.2, 0.25) is 0 Å². The molecule has 15 heavy (non-hydrogen) atoms. The van der Waals surface area contributed by atoms with Gasteiger partial charge in [-0.1, -0.05) is 6.08 Å². The van der Waals surface area contributed by atoms with E-state index < -0.39 is 0 Å². The number of hydrogen-bond acceptors (Lipinski definition) is 2. The number of pyridine rings is 1. The third-order valence-corrected chi connectivity index (χ3v) is 2.47. The van der Waals surface area contributed by atoms with E-state index in [0.717, 1.165) is 0 Å². The number of hydrogen-bond donors (Lipinski definition) is 0. The van der Waals surface area contributed by atoms with Gasteiger partial charge in [0.25, 0.3) is 0 Å². The lowest BCUT2D eigenvalue weighted by atomic mass is 10.1. The zero-order valence-corrected chi connectivity index (χ0v) is 8.19. The highest BCUT2D eigenvalue weighted by atomic mass is 19.1. The lowest BCUT2D eigenvalue weighted by Crippen LogP contribution is -2.25. The van der Waals surface area contributed by atoms with Crippen LogP contribution in [0.25, 0.3) is 0 Å². The topological polar surface area (TPSA) is 33.2 Å². The van der Waals surface area contributed by atoms with Crippen LogP contribution in [-0.4, -0.2) is 17.4 Å². The summed E-state index contributed by atoms with van der Waals surface area (Å²) in [6.07, 6.45) is 3.54. The average Bonchev–Trinajstić information content (AvgIpc) is 2.60. The van der Waals surface area contributed by atoms with Crippen LogP contribution < -0.4 is 4.90 Å². The Labute approximate surface area is 87.2 Å². The van der Waals surface area contributed by atoms with Crippen molar-refractivity contribution in [1.29, 1.82) is 0 Å². The first-order valence-corrected chi connectivity index (χ1v) is 4.75. The summed E-state index contributed by atoms with van der Waals surface area (Å²) in [4.78, 5) is 17.0. The molecule has 1 aliphatic heterocycles. The number of aromatic nitrogens is 1. The van der Waals surface area contributed by atoms with E-state index >= 15 is 0 Å². The number of nitrogens with zero attached hydrogens (tertiary/aromatic N) is 2. The molecule has 78 valence electrons. The summed E-state index contributed by atoms with van der Waals surface area (Å²) in [5.74, 6) is 0.111. The molecule has 1 unspecified atom stereocenters. The van der Waals surface area contributed by atoms with Crippen molar-refractivity contribution in [2.75, 3.05) is 11.4 Å². The van der Waals surface area contributed by atoms with Crippen LogP contribution in [0.3, 0.4) is 0 Å². The van der Waals surface area contributed by atoms with Crippen molar-refractivity contribution in [3.63, 3.8) is 0 Å². The fourth-order valence-electron chi connectivity index (χ4n) is 1.66. The molecule has 0 saturated carbocycles. The van der Waals surface area contributed by atoms with Crippen LogP contribution in [0.15, 0.2) is 31.0 Å². The number of anilines is 1. The van der Waals surface area contributed by atoms with E-state index in [0.29, 0.717) is 18.8 Å². The zero-order chi connectivity index (χ0) is 10.8. The standard InChI is InChI=1S/C11H11FN2O/c1-2-8-5-11(15)14(7-8)10-6-9(12)3-4-13-10/h2-4,6,8H,1,5,7H2. The third-order valence-electron chi connectivity index (χ3n) is 2.47. The molecular formula is C11H11FN2O. The van der Waals surface area contributed by atoms with Crippen LogP contribution in [0, 0.1) is 11.7 Å². The van der Waals surface area contributed by atoms with Crippen molar-refractivity contribution in [2.45, 2.75) is 6.42 Å². The van der Waals surface area contributed by atoms with E-state index in [1.807, 2.05) is 0 Å². The zero-order valence-electron chi connectivity index (χ0n) is 8.19. The number of amides is 1. The lowest BCUT2D eigenvalue weighted by molar-refractivity contribution is -0.117. The number of carbonyl (C=O) groups excluding carboxylic acids is 1. The Kier molecular flexibility index (Phi) is 2.49. The van der Waals surface area contributed by atoms with Crippen molar-refractivity contribution < 1.29 is 9.18 Å². The van der Waals surface area contributed by atoms with E-state index in [-0.39, 0.29) is 17.6 Å². The number of carbonyl (C=O) groups is 1. The molecule has 1 aliphatic rings. The maximum absolute atomic E-state index is 12.9. The first-order chi connectivity index (χ1) is 7.20. The molecule has 0 aromatic carbocycles. The molecule has 4 heteroatoms. The van der Waals surface area contributed by atoms with Crippen LogP contribution in [0.1, 0.15) is 6.42 Å². The van der Waals surface area contributed by atoms with Crippen molar-refractivity contribution in [1.82, 2.24) is 4.98 Å². The van der Waals surface area contributed by atoms with Gasteiger partial charge in [-0.15, -0.1) is 6.58 Å². The summed E-state index contributed by atoms with van der Waals surface area (Å²) in [5, 5.41) is 0. The van der Waals surface area contributed by atoms with E-state index in [1.165, 1.54) is 23.2 Å². The van der Waals surface area contributed by atoms with Gasteiger partial charge in [0.05, 0.1) is 0 Å². The molecule has 1 aromatic heterocycles. The molecule has 3 nitrogen and oxygen atoms in total. The molecule has 0 bridgehead atoms. The number of rotatable bonds is 2. The Bertz CT molecular complexity index is 405. The number of halogens is 1. The van der Waals surface area contributed by atoms with Gasteiger partial charge in [0.15, 0.2) is 0 Å². The predicted molar refractivity (Wildman–Crippen MR) is 54.9 cm³/mol. The molecule has 0 aliphatic carbocycles. The summed E-state index contributed by atoms with van der Waals surface area (Å²) < 4.78 is 12.9. The highest BCUT2D eigenvalue weighted by Gasteiger charge is 2.29. The van der Waals surface area contributed by atoms with Crippen LogP contribution in [0.4, 0.5) is 10.2 Å². The molecule has 0 radical (unpaired) electrons. The minimum atomic E-state index is -0.380.